The maximum Gasteiger partial charge on any atom is 0.132 e. The summed E-state index contributed by atoms with van der Waals surface area (Å²) in [7, 11) is 0. The molecule has 3 rings (SSSR count). The van der Waals surface area contributed by atoms with Crippen LogP contribution < -0.4 is 4.74 Å². The predicted molar refractivity (Wildman–Crippen MR) is 109 cm³/mol. The van der Waals surface area contributed by atoms with E-state index in [2.05, 4.69) is 97.7 Å². The van der Waals surface area contributed by atoms with Crippen molar-refractivity contribution in [2.75, 3.05) is 0 Å². The second-order valence-corrected chi connectivity index (χ2v) is 10.4. The van der Waals surface area contributed by atoms with Gasteiger partial charge in [-0.15, -0.1) is 0 Å². The zero-order chi connectivity index (χ0) is 17.9. The highest BCUT2D eigenvalue weighted by Crippen LogP contribution is 2.46. The number of hydrogen-bond acceptors (Lipinski definition) is 1. The van der Waals surface area contributed by atoms with Crippen LogP contribution in [-0.2, 0) is 17.3 Å². The van der Waals surface area contributed by atoms with Crippen molar-refractivity contribution in [3.63, 3.8) is 0 Å². The third-order valence-electron chi connectivity index (χ3n) is 4.61. The van der Waals surface area contributed by atoms with Crippen molar-refractivity contribution in [1.29, 1.82) is 0 Å². The SMILES string of the molecule is CC(C)(C)c1cc(Br)c2c(c1)Oc1cc(C(C)(C)C)cc(Br)c1C2. The quantitative estimate of drug-likeness (QED) is 0.343. The van der Waals surface area contributed by atoms with Crippen LogP contribution in [0, 0.1) is 0 Å². The van der Waals surface area contributed by atoms with Gasteiger partial charge in [0.25, 0.3) is 0 Å². The molecule has 2 aromatic carbocycles. The molecule has 0 bridgehead atoms. The fraction of sp³-hybridized carbons (Fsp3) is 0.429. The zero-order valence-electron chi connectivity index (χ0n) is 15.2. The molecule has 1 nitrogen and oxygen atoms in total. The third-order valence-corrected chi connectivity index (χ3v) is 6.03. The van der Waals surface area contributed by atoms with Crippen molar-refractivity contribution >= 4 is 31.9 Å². The second kappa shape index (κ2) is 5.88. The molecule has 0 saturated heterocycles. The molecule has 0 amide bonds. The van der Waals surface area contributed by atoms with Gasteiger partial charge in [-0.1, -0.05) is 73.4 Å². The summed E-state index contributed by atoms with van der Waals surface area (Å²) in [4.78, 5) is 0. The number of fused-ring (bicyclic) bond motifs is 2. The standard InChI is InChI=1S/C21H24Br2O/c1-20(2,3)12-7-16(22)14-11-15-17(23)8-13(21(4,5)6)10-19(15)24-18(14)9-12/h7-10H,11H2,1-6H3. The summed E-state index contributed by atoms with van der Waals surface area (Å²) in [6.45, 7) is 13.4. The summed E-state index contributed by atoms with van der Waals surface area (Å²) in [5.41, 5.74) is 5.19. The second-order valence-electron chi connectivity index (χ2n) is 8.65. The van der Waals surface area contributed by atoms with Gasteiger partial charge in [0.15, 0.2) is 0 Å². The summed E-state index contributed by atoms with van der Waals surface area (Å²) >= 11 is 7.51. The average molecular weight is 452 g/mol. The Kier molecular flexibility index (Phi) is 4.41. The summed E-state index contributed by atoms with van der Waals surface area (Å²) in [5.74, 6) is 1.94. The highest BCUT2D eigenvalue weighted by Gasteiger charge is 2.27. The molecule has 2 aromatic rings. The van der Waals surface area contributed by atoms with Gasteiger partial charge in [0.2, 0.25) is 0 Å². The molecule has 1 aliphatic rings. The van der Waals surface area contributed by atoms with Crippen molar-refractivity contribution in [2.24, 2.45) is 0 Å². The van der Waals surface area contributed by atoms with Crippen LogP contribution in [0.3, 0.4) is 0 Å². The molecular formula is C21H24Br2O. The summed E-state index contributed by atoms with van der Waals surface area (Å²) in [6.07, 6.45) is 0.876. The van der Waals surface area contributed by atoms with Gasteiger partial charge in [-0.3, -0.25) is 0 Å². The highest BCUT2D eigenvalue weighted by molar-refractivity contribution is 9.10. The Bertz CT molecular complexity index is 741. The van der Waals surface area contributed by atoms with E-state index in [1.165, 1.54) is 22.3 Å². The maximum absolute atomic E-state index is 6.35. The molecule has 1 heterocycles. The first kappa shape index (κ1) is 18.0. The van der Waals surface area contributed by atoms with Gasteiger partial charge in [-0.05, 0) is 46.2 Å². The van der Waals surface area contributed by atoms with Crippen molar-refractivity contribution in [3.05, 3.63) is 55.5 Å². The monoisotopic (exact) mass is 450 g/mol. The van der Waals surface area contributed by atoms with Gasteiger partial charge in [-0.25, -0.2) is 0 Å². The van der Waals surface area contributed by atoms with Crippen LogP contribution in [0.1, 0.15) is 63.8 Å². The Morgan fingerprint density at radius 3 is 1.42 bits per heavy atom. The summed E-state index contributed by atoms with van der Waals surface area (Å²) < 4.78 is 8.61. The van der Waals surface area contributed by atoms with Gasteiger partial charge in [0.1, 0.15) is 11.5 Å². The first-order valence-electron chi connectivity index (χ1n) is 8.30. The first-order valence-corrected chi connectivity index (χ1v) is 9.89. The highest BCUT2D eigenvalue weighted by atomic mass is 79.9. The van der Waals surface area contributed by atoms with Gasteiger partial charge in [-0.2, -0.15) is 0 Å². The Hall–Kier alpha value is -0.800. The normalized spacial score (nSPS) is 14.0. The Morgan fingerprint density at radius 1 is 0.708 bits per heavy atom. The molecule has 24 heavy (non-hydrogen) atoms. The average Bonchev–Trinajstić information content (AvgIpc) is 2.43. The number of benzene rings is 2. The molecule has 128 valence electrons. The zero-order valence-corrected chi connectivity index (χ0v) is 18.4. The van der Waals surface area contributed by atoms with E-state index in [1.54, 1.807) is 0 Å². The maximum atomic E-state index is 6.35. The molecule has 0 aromatic heterocycles. The fourth-order valence-corrected chi connectivity index (χ4v) is 4.07. The summed E-state index contributed by atoms with van der Waals surface area (Å²) in [6, 6.07) is 8.84. The third kappa shape index (κ3) is 3.30. The Balaban J connectivity index is 2.12. The minimum Gasteiger partial charge on any atom is -0.457 e. The molecule has 0 unspecified atom stereocenters. The van der Waals surface area contributed by atoms with E-state index >= 15 is 0 Å². The van der Waals surface area contributed by atoms with Gasteiger partial charge < -0.3 is 4.74 Å². The molecule has 0 N–H and O–H groups in total. The van der Waals surface area contributed by atoms with Crippen molar-refractivity contribution in [3.8, 4) is 11.5 Å². The van der Waals surface area contributed by atoms with Crippen molar-refractivity contribution in [2.45, 2.75) is 58.8 Å². The molecule has 0 spiro atoms. The molecule has 3 heteroatoms. The lowest BCUT2D eigenvalue weighted by Gasteiger charge is -2.28. The molecule has 1 aliphatic heterocycles. The molecule has 0 atom stereocenters. The summed E-state index contributed by atoms with van der Waals surface area (Å²) in [5, 5.41) is 0. The van der Waals surface area contributed by atoms with E-state index in [0.29, 0.717) is 0 Å². The van der Waals surface area contributed by atoms with Crippen LogP contribution in [-0.4, -0.2) is 0 Å². The van der Waals surface area contributed by atoms with Crippen LogP contribution in [0.5, 0.6) is 11.5 Å². The fourth-order valence-electron chi connectivity index (χ4n) is 2.91. The molecular weight excluding hydrogens is 428 g/mol. The predicted octanol–water partition coefficient (Wildman–Crippen LogP) is 7.50. The topological polar surface area (TPSA) is 9.23 Å². The van der Waals surface area contributed by atoms with Crippen LogP contribution in [0.2, 0.25) is 0 Å². The molecule has 0 radical (unpaired) electrons. The van der Waals surface area contributed by atoms with Crippen LogP contribution >= 0.6 is 31.9 Å². The van der Waals surface area contributed by atoms with E-state index in [0.717, 1.165) is 26.9 Å². The first-order chi connectivity index (χ1) is 11.0. The van der Waals surface area contributed by atoms with Crippen LogP contribution in [0.4, 0.5) is 0 Å². The molecule has 0 aliphatic carbocycles. The van der Waals surface area contributed by atoms with Crippen molar-refractivity contribution < 1.29 is 4.74 Å². The van der Waals surface area contributed by atoms with E-state index < -0.39 is 0 Å². The van der Waals surface area contributed by atoms with Crippen molar-refractivity contribution in [1.82, 2.24) is 0 Å². The Morgan fingerprint density at radius 2 is 1.08 bits per heavy atom. The van der Waals surface area contributed by atoms with Gasteiger partial charge in [0, 0.05) is 26.5 Å². The smallest absolute Gasteiger partial charge is 0.132 e. The van der Waals surface area contributed by atoms with E-state index in [-0.39, 0.29) is 10.8 Å². The van der Waals surface area contributed by atoms with Crippen LogP contribution in [0.15, 0.2) is 33.2 Å². The number of halogens is 2. The lowest BCUT2D eigenvalue weighted by Crippen LogP contribution is -2.15. The lowest BCUT2D eigenvalue weighted by atomic mass is 9.84. The van der Waals surface area contributed by atoms with E-state index in [1.807, 2.05) is 0 Å². The molecule has 0 saturated carbocycles. The Labute approximate surface area is 162 Å². The number of rotatable bonds is 0. The minimum atomic E-state index is 0.0923. The largest absolute Gasteiger partial charge is 0.457 e. The lowest BCUT2D eigenvalue weighted by molar-refractivity contribution is 0.451. The van der Waals surface area contributed by atoms with E-state index in [9.17, 15) is 0 Å². The van der Waals surface area contributed by atoms with Gasteiger partial charge >= 0.3 is 0 Å². The number of ether oxygens (including phenoxy) is 1. The number of hydrogen-bond donors (Lipinski definition) is 0. The minimum absolute atomic E-state index is 0.0923. The van der Waals surface area contributed by atoms with E-state index in [4.69, 9.17) is 4.74 Å². The van der Waals surface area contributed by atoms with Crippen LogP contribution in [0.25, 0.3) is 0 Å². The van der Waals surface area contributed by atoms with Gasteiger partial charge in [0.05, 0.1) is 0 Å². The molecule has 0 fully saturated rings.